The molecule has 0 aliphatic rings. The Labute approximate surface area is 123 Å². The number of unbranched alkanes of at least 4 members (excludes halogenated alkanes) is 1. The van der Waals surface area contributed by atoms with E-state index in [2.05, 4.69) is 26.1 Å². The van der Waals surface area contributed by atoms with E-state index >= 15 is 0 Å². The Balaban J connectivity index is 2.56. The summed E-state index contributed by atoms with van der Waals surface area (Å²) < 4.78 is 13.9. The number of hydrogen-bond donors (Lipinski definition) is 1. The maximum atomic E-state index is 13.9. The zero-order valence-electron chi connectivity index (χ0n) is 13.4. The lowest BCUT2D eigenvalue weighted by molar-refractivity contribution is 0.537. The maximum Gasteiger partial charge on any atom is 0.146 e. The van der Waals surface area contributed by atoms with Crippen LogP contribution in [0.15, 0.2) is 18.2 Å². The van der Waals surface area contributed by atoms with Gasteiger partial charge in [0.2, 0.25) is 0 Å². The Kier molecular flexibility index (Phi) is 7.60. The third-order valence-corrected chi connectivity index (χ3v) is 3.50. The van der Waals surface area contributed by atoms with Crippen molar-refractivity contribution in [1.82, 2.24) is 5.32 Å². The van der Waals surface area contributed by atoms with Crippen LogP contribution in [0.4, 0.5) is 10.1 Å². The van der Waals surface area contributed by atoms with Crippen LogP contribution in [-0.2, 0) is 6.54 Å². The van der Waals surface area contributed by atoms with Crippen LogP contribution < -0.4 is 10.2 Å². The number of hydrogen-bond acceptors (Lipinski definition) is 2. The lowest BCUT2D eigenvalue weighted by Crippen LogP contribution is -2.21. The van der Waals surface area contributed by atoms with Gasteiger partial charge in [0.25, 0.3) is 0 Å². The van der Waals surface area contributed by atoms with E-state index in [0.29, 0.717) is 11.6 Å². The molecule has 114 valence electrons. The van der Waals surface area contributed by atoms with Gasteiger partial charge in [-0.05, 0) is 43.0 Å². The summed E-state index contributed by atoms with van der Waals surface area (Å²) in [6.07, 6.45) is 3.39. The molecule has 20 heavy (non-hydrogen) atoms. The van der Waals surface area contributed by atoms with E-state index in [9.17, 15) is 4.39 Å². The zero-order valence-corrected chi connectivity index (χ0v) is 13.4. The molecule has 0 aromatic heterocycles. The molecule has 0 unspecified atom stereocenters. The van der Waals surface area contributed by atoms with Gasteiger partial charge in [-0.3, -0.25) is 0 Å². The molecule has 1 N–H and O–H groups in total. The van der Waals surface area contributed by atoms with Crippen molar-refractivity contribution in [3.05, 3.63) is 29.6 Å². The third-order valence-electron chi connectivity index (χ3n) is 3.50. The van der Waals surface area contributed by atoms with Crippen LogP contribution in [0.3, 0.4) is 0 Å². The molecule has 2 nitrogen and oxygen atoms in total. The van der Waals surface area contributed by atoms with E-state index < -0.39 is 0 Å². The van der Waals surface area contributed by atoms with Crippen molar-refractivity contribution in [1.29, 1.82) is 0 Å². The van der Waals surface area contributed by atoms with Crippen LogP contribution in [0.5, 0.6) is 0 Å². The van der Waals surface area contributed by atoms with Crippen molar-refractivity contribution in [2.24, 2.45) is 5.92 Å². The molecule has 0 saturated carbocycles. The maximum absolute atomic E-state index is 13.9. The quantitative estimate of drug-likeness (QED) is 0.682. The Morgan fingerprint density at radius 3 is 2.70 bits per heavy atom. The molecule has 0 aliphatic heterocycles. The first-order valence-corrected chi connectivity index (χ1v) is 7.74. The van der Waals surface area contributed by atoms with Gasteiger partial charge in [-0.25, -0.2) is 4.39 Å². The van der Waals surface area contributed by atoms with E-state index in [1.165, 1.54) is 6.42 Å². The van der Waals surface area contributed by atoms with E-state index in [1.54, 1.807) is 6.07 Å². The fourth-order valence-corrected chi connectivity index (χ4v) is 2.10. The van der Waals surface area contributed by atoms with Crippen LogP contribution >= 0.6 is 0 Å². The lowest BCUT2D eigenvalue weighted by atomic mass is 10.1. The number of anilines is 1. The molecule has 0 saturated heterocycles. The molecule has 0 amide bonds. The van der Waals surface area contributed by atoms with E-state index in [4.69, 9.17) is 0 Å². The van der Waals surface area contributed by atoms with Gasteiger partial charge in [-0.15, -0.1) is 0 Å². The monoisotopic (exact) mass is 280 g/mol. The molecule has 0 atom stereocenters. The molecule has 0 heterocycles. The van der Waals surface area contributed by atoms with Crippen LogP contribution in [0.1, 0.15) is 45.6 Å². The Morgan fingerprint density at radius 1 is 1.30 bits per heavy atom. The Bertz CT molecular complexity index is 391. The van der Waals surface area contributed by atoms with Gasteiger partial charge in [0, 0.05) is 20.1 Å². The Morgan fingerprint density at radius 2 is 2.05 bits per heavy atom. The smallest absolute Gasteiger partial charge is 0.146 e. The molecule has 1 aromatic carbocycles. The minimum atomic E-state index is -0.130. The van der Waals surface area contributed by atoms with Gasteiger partial charge in [-0.2, -0.15) is 0 Å². The predicted molar refractivity (Wildman–Crippen MR) is 85.7 cm³/mol. The fraction of sp³-hybridized carbons (Fsp3) is 0.647. The average Bonchev–Trinajstić information content (AvgIpc) is 2.42. The molecule has 0 spiro atoms. The summed E-state index contributed by atoms with van der Waals surface area (Å²) in [7, 11) is 1.96. The normalized spacial score (nSPS) is 11.1. The van der Waals surface area contributed by atoms with Crippen molar-refractivity contribution >= 4 is 5.69 Å². The fourth-order valence-electron chi connectivity index (χ4n) is 2.10. The lowest BCUT2D eigenvalue weighted by Gasteiger charge is -2.20. The van der Waals surface area contributed by atoms with E-state index in [-0.39, 0.29) is 5.82 Å². The minimum Gasteiger partial charge on any atom is -0.372 e. The summed E-state index contributed by atoms with van der Waals surface area (Å²) in [4.78, 5) is 2.01. The number of nitrogens with one attached hydrogen (secondary N) is 1. The van der Waals surface area contributed by atoms with Crippen LogP contribution in [-0.4, -0.2) is 20.1 Å². The first-order valence-electron chi connectivity index (χ1n) is 7.74. The predicted octanol–water partition coefficient (Wildman–Crippen LogP) is 4.20. The van der Waals surface area contributed by atoms with E-state index in [1.807, 2.05) is 24.1 Å². The van der Waals surface area contributed by atoms with Gasteiger partial charge in [0.15, 0.2) is 0 Å². The van der Waals surface area contributed by atoms with Crippen molar-refractivity contribution in [2.45, 2.75) is 46.6 Å². The summed E-state index contributed by atoms with van der Waals surface area (Å²) in [5.41, 5.74) is 1.86. The molecule has 0 radical (unpaired) electrons. The average molecular weight is 280 g/mol. The molecule has 1 rings (SSSR count). The number of nitrogens with zero attached hydrogens (tertiary/aromatic N) is 1. The Hall–Kier alpha value is -1.09. The molecule has 0 aliphatic carbocycles. The van der Waals surface area contributed by atoms with Crippen molar-refractivity contribution in [2.75, 3.05) is 25.0 Å². The van der Waals surface area contributed by atoms with Gasteiger partial charge in [-0.1, -0.05) is 33.3 Å². The first-order chi connectivity index (χ1) is 9.54. The zero-order chi connectivity index (χ0) is 15.0. The molecular formula is C17H29FN2. The topological polar surface area (TPSA) is 15.3 Å². The molecule has 3 heteroatoms. The summed E-state index contributed by atoms with van der Waals surface area (Å²) in [6, 6.07) is 5.42. The highest BCUT2D eigenvalue weighted by molar-refractivity contribution is 5.49. The second kappa shape index (κ2) is 8.96. The summed E-state index contributed by atoms with van der Waals surface area (Å²) in [5, 5.41) is 3.42. The number of halogens is 1. The van der Waals surface area contributed by atoms with Gasteiger partial charge in [0.1, 0.15) is 5.82 Å². The third kappa shape index (κ3) is 5.91. The van der Waals surface area contributed by atoms with Gasteiger partial charge < -0.3 is 10.2 Å². The second-order valence-electron chi connectivity index (χ2n) is 5.92. The van der Waals surface area contributed by atoms with Gasteiger partial charge >= 0.3 is 0 Å². The second-order valence-corrected chi connectivity index (χ2v) is 5.92. The minimum absolute atomic E-state index is 0.130. The summed E-state index contributed by atoms with van der Waals surface area (Å²) in [5.74, 6) is 0.584. The highest BCUT2D eigenvalue weighted by Gasteiger charge is 2.08. The van der Waals surface area contributed by atoms with Crippen molar-refractivity contribution in [3.63, 3.8) is 0 Å². The van der Waals surface area contributed by atoms with Crippen LogP contribution in [0.2, 0.25) is 0 Å². The van der Waals surface area contributed by atoms with Crippen molar-refractivity contribution in [3.8, 4) is 0 Å². The molecular weight excluding hydrogens is 251 g/mol. The molecule has 0 fully saturated rings. The van der Waals surface area contributed by atoms with Crippen LogP contribution in [0, 0.1) is 11.7 Å². The first kappa shape index (κ1) is 17.0. The van der Waals surface area contributed by atoms with E-state index in [0.717, 1.165) is 38.0 Å². The highest BCUT2D eigenvalue weighted by atomic mass is 19.1. The number of rotatable bonds is 9. The number of benzene rings is 1. The molecule has 0 bridgehead atoms. The van der Waals surface area contributed by atoms with Gasteiger partial charge in [0.05, 0.1) is 5.69 Å². The summed E-state index contributed by atoms with van der Waals surface area (Å²) >= 11 is 0. The molecule has 1 aromatic rings. The standard InChI is InChI=1S/C17H29FN2/c1-5-6-11-20(4)17-12-15(7-8-16(17)18)13-19-10-9-14(2)3/h7-8,12,14,19H,5-6,9-11,13H2,1-4H3. The summed E-state index contributed by atoms with van der Waals surface area (Å²) in [6.45, 7) is 9.31. The highest BCUT2D eigenvalue weighted by Crippen LogP contribution is 2.20. The van der Waals surface area contributed by atoms with Crippen LogP contribution in [0.25, 0.3) is 0 Å². The van der Waals surface area contributed by atoms with Crippen molar-refractivity contribution < 1.29 is 4.39 Å². The SMILES string of the molecule is CCCCN(C)c1cc(CNCCC(C)C)ccc1F. The largest absolute Gasteiger partial charge is 0.372 e.